The standard InChI is InChI=1S/C10H11FN2O.ClH/c11-8-2-1-7(6-12)9(5-8)13-4-3-10(13)14;/h1-2,5H,3-4,6,12H2;1H. The van der Waals surface area contributed by atoms with E-state index < -0.39 is 0 Å². The first-order chi connectivity index (χ1) is 6.72. The fourth-order valence-corrected chi connectivity index (χ4v) is 1.53. The summed E-state index contributed by atoms with van der Waals surface area (Å²) < 4.78 is 13.0. The Balaban J connectivity index is 0.00000112. The van der Waals surface area contributed by atoms with Gasteiger partial charge in [-0.2, -0.15) is 0 Å². The average Bonchev–Trinajstić information content (AvgIpc) is 2.16. The maximum atomic E-state index is 13.0. The van der Waals surface area contributed by atoms with E-state index in [0.717, 1.165) is 5.56 Å². The predicted octanol–water partition coefficient (Wildman–Crippen LogP) is 1.44. The smallest absolute Gasteiger partial charge is 0.228 e. The SMILES string of the molecule is Cl.NCc1ccc(F)cc1N1CCC1=O. The lowest BCUT2D eigenvalue weighted by molar-refractivity contribution is -0.122. The van der Waals surface area contributed by atoms with Crippen LogP contribution in [0.5, 0.6) is 0 Å². The molecule has 0 atom stereocenters. The topological polar surface area (TPSA) is 46.3 Å². The van der Waals surface area contributed by atoms with Crippen molar-refractivity contribution in [2.45, 2.75) is 13.0 Å². The summed E-state index contributed by atoms with van der Waals surface area (Å²) in [5.74, 6) is -0.304. The molecule has 15 heavy (non-hydrogen) atoms. The number of nitrogens with zero attached hydrogens (tertiary/aromatic N) is 1. The zero-order valence-electron chi connectivity index (χ0n) is 8.07. The van der Waals surface area contributed by atoms with Crippen molar-refractivity contribution in [2.24, 2.45) is 5.73 Å². The van der Waals surface area contributed by atoms with E-state index in [-0.39, 0.29) is 24.1 Å². The van der Waals surface area contributed by atoms with Crippen LogP contribution in [-0.2, 0) is 11.3 Å². The van der Waals surface area contributed by atoms with Gasteiger partial charge in [0.25, 0.3) is 0 Å². The Labute approximate surface area is 93.5 Å². The summed E-state index contributed by atoms with van der Waals surface area (Å²) in [6.07, 6.45) is 0.542. The van der Waals surface area contributed by atoms with Crippen molar-refractivity contribution in [3.05, 3.63) is 29.6 Å². The number of rotatable bonds is 2. The first-order valence-electron chi connectivity index (χ1n) is 4.51. The van der Waals surface area contributed by atoms with Crippen LogP contribution in [0.2, 0.25) is 0 Å². The molecular weight excluding hydrogens is 219 g/mol. The highest BCUT2D eigenvalue weighted by atomic mass is 35.5. The van der Waals surface area contributed by atoms with Crippen molar-refractivity contribution in [1.82, 2.24) is 0 Å². The Kier molecular flexibility index (Phi) is 3.66. The van der Waals surface area contributed by atoms with E-state index in [1.807, 2.05) is 0 Å². The second-order valence-electron chi connectivity index (χ2n) is 3.27. The molecule has 0 saturated carbocycles. The molecule has 1 fully saturated rings. The second-order valence-corrected chi connectivity index (χ2v) is 3.27. The summed E-state index contributed by atoms with van der Waals surface area (Å²) in [6.45, 7) is 0.981. The summed E-state index contributed by atoms with van der Waals surface area (Å²) in [7, 11) is 0. The average molecular weight is 231 g/mol. The molecule has 0 unspecified atom stereocenters. The van der Waals surface area contributed by atoms with Gasteiger partial charge in [-0.1, -0.05) is 6.07 Å². The number of anilines is 1. The first-order valence-corrected chi connectivity index (χ1v) is 4.51. The lowest BCUT2D eigenvalue weighted by atomic mass is 10.1. The molecule has 0 aliphatic carbocycles. The van der Waals surface area contributed by atoms with Crippen LogP contribution in [0.4, 0.5) is 10.1 Å². The highest BCUT2D eigenvalue weighted by Crippen LogP contribution is 2.26. The van der Waals surface area contributed by atoms with Gasteiger partial charge in [-0.3, -0.25) is 4.79 Å². The van der Waals surface area contributed by atoms with Crippen molar-refractivity contribution < 1.29 is 9.18 Å². The maximum Gasteiger partial charge on any atom is 0.228 e. The number of nitrogens with two attached hydrogens (primary N) is 1. The third-order valence-electron chi connectivity index (χ3n) is 2.41. The molecule has 0 spiro atoms. The number of hydrogen-bond donors (Lipinski definition) is 1. The third-order valence-corrected chi connectivity index (χ3v) is 2.41. The molecule has 3 nitrogen and oxygen atoms in total. The van der Waals surface area contributed by atoms with E-state index in [1.165, 1.54) is 12.1 Å². The van der Waals surface area contributed by atoms with Gasteiger partial charge in [0.15, 0.2) is 0 Å². The number of benzene rings is 1. The Morgan fingerprint density at radius 2 is 2.20 bits per heavy atom. The van der Waals surface area contributed by atoms with Gasteiger partial charge in [0.2, 0.25) is 5.91 Å². The summed E-state index contributed by atoms with van der Waals surface area (Å²) in [5.41, 5.74) is 6.92. The van der Waals surface area contributed by atoms with Crippen LogP contribution in [0, 0.1) is 5.82 Å². The van der Waals surface area contributed by atoms with Crippen molar-refractivity contribution in [3.63, 3.8) is 0 Å². The third kappa shape index (κ3) is 2.11. The molecule has 1 aliphatic heterocycles. The van der Waals surface area contributed by atoms with Gasteiger partial charge < -0.3 is 10.6 Å². The Hall–Kier alpha value is -1.13. The van der Waals surface area contributed by atoms with Crippen molar-refractivity contribution >= 4 is 24.0 Å². The van der Waals surface area contributed by atoms with Crippen LogP contribution in [0.15, 0.2) is 18.2 Å². The largest absolute Gasteiger partial charge is 0.326 e. The van der Waals surface area contributed by atoms with Gasteiger partial charge in [-0.15, -0.1) is 12.4 Å². The minimum absolute atomic E-state index is 0. The summed E-state index contributed by atoms with van der Waals surface area (Å²) in [5, 5.41) is 0. The number of β-lactam (4-membered cyclic amide) rings is 1. The molecule has 1 amide bonds. The molecule has 1 aliphatic rings. The molecule has 1 heterocycles. The van der Waals surface area contributed by atoms with Crippen LogP contribution in [0.3, 0.4) is 0 Å². The molecule has 0 aromatic heterocycles. The fourth-order valence-electron chi connectivity index (χ4n) is 1.53. The van der Waals surface area contributed by atoms with Crippen LogP contribution < -0.4 is 10.6 Å². The first kappa shape index (κ1) is 11.9. The van der Waals surface area contributed by atoms with Gasteiger partial charge in [0, 0.05) is 19.5 Å². The number of hydrogen-bond acceptors (Lipinski definition) is 2. The predicted molar refractivity (Wildman–Crippen MR) is 58.5 cm³/mol. The zero-order chi connectivity index (χ0) is 10.1. The number of amides is 1. The van der Waals surface area contributed by atoms with E-state index in [2.05, 4.69) is 0 Å². The van der Waals surface area contributed by atoms with E-state index >= 15 is 0 Å². The summed E-state index contributed by atoms with van der Waals surface area (Å²) >= 11 is 0. The molecule has 1 aromatic carbocycles. The van der Waals surface area contributed by atoms with Crippen LogP contribution in [0.1, 0.15) is 12.0 Å². The van der Waals surface area contributed by atoms with E-state index in [1.54, 1.807) is 11.0 Å². The molecule has 1 saturated heterocycles. The highest BCUT2D eigenvalue weighted by molar-refractivity contribution is 6.00. The molecule has 2 rings (SSSR count). The van der Waals surface area contributed by atoms with Gasteiger partial charge in [0.05, 0.1) is 5.69 Å². The molecular formula is C10H12ClFN2O. The number of halogens is 2. The molecule has 0 radical (unpaired) electrons. The highest BCUT2D eigenvalue weighted by Gasteiger charge is 2.26. The van der Waals surface area contributed by atoms with Gasteiger partial charge in [0.1, 0.15) is 5.82 Å². The molecule has 1 aromatic rings. The quantitative estimate of drug-likeness (QED) is 0.782. The monoisotopic (exact) mass is 230 g/mol. The van der Waals surface area contributed by atoms with Crippen molar-refractivity contribution in [1.29, 1.82) is 0 Å². The second kappa shape index (κ2) is 4.59. The summed E-state index contributed by atoms with van der Waals surface area (Å²) in [6, 6.07) is 4.34. The lowest BCUT2D eigenvalue weighted by Gasteiger charge is -2.32. The van der Waals surface area contributed by atoms with E-state index in [0.29, 0.717) is 25.2 Å². The normalized spacial score (nSPS) is 14.5. The van der Waals surface area contributed by atoms with E-state index in [4.69, 9.17) is 5.73 Å². The van der Waals surface area contributed by atoms with Crippen LogP contribution in [-0.4, -0.2) is 12.5 Å². The molecule has 5 heteroatoms. The minimum atomic E-state index is -0.336. The Morgan fingerprint density at radius 3 is 2.67 bits per heavy atom. The maximum absolute atomic E-state index is 13.0. The molecule has 82 valence electrons. The van der Waals surface area contributed by atoms with Crippen LogP contribution in [0.25, 0.3) is 0 Å². The lowest BCUT2D eigenvalue weighted by Crippen LogP contribution is -2.44. The number of carbonyl (C=O) groups is 1. The fraction of sp³-hybridized carbons (Fsp3) is 0.300. The summed E-state index contributed by atoms with van der Waals surface area (Å²) in [4.78, 5) is 12.7. The zero-order valence-corrected chi connectivity index (χ0v) is 8.89. The molecule has 0 bridgehead atoms. The minimum Gasteiger partial charge on any atom is -0.326 e. The van der Waals surface area contributed by atoms with Gasteiger partial charge in [-0.25, -0.2) is 4.39 Å². The van der Waals surface area contributed by atoms with Crippen molar-refractivity contribution in [2.75, 3.05) is 11.4 Å². The Morgan fingerprint density at radius 1 is 1.47 bits per heavy atom. The van der Waals surface area contributed by atoms with Gasteiger partial charge >= 0.3 is 0 Å². The van der Waals surface area contributed by atoms with Crippen LogP contribution >= 0.6 is 12.4 Å². The Bertz CT molecular complexity index is 384. The van der Waals surface area contributed by atoms with Crippen molar-refractivity contribution in [3.8, 4) is 0 Å². The van der Waals surface area contributed by atoms with E-state index in [9.17, 15) is 9.18 Å². The number of carbonyl (C=O) groups excluding carboxylic acids is 1. The van der Waals surface area contributed by atoms with Gasteiger partial charge in [-0.05, 0) is 17.7 Å². The molecule has 2 N–H and O–H groups in total.